The Morgan fingerprint density at radius 1 is 1.29 bits per heavy atom. The fourth-order valence-corrected chi connectivity index (χ4v) is 4.31. The van der Waals surface area contributed by atoms with Gasteiger partial charge in [0.25, 0.3) is 0 Å². The van der Waals surface area contributed by atoms with Gasteiger partial charge in [-0.25, -0.2) is 9.18 Å². The predicted octanol–water partition coefficient (Wildman–Crippen LogP) is 5.26. The largest absolute Gasteiger partial charge is 0.478 e. The van der Waals surface area contributed by atoms with Gasteiger partial charge in [-0.15, -0.1) is 0 Å². The first-order valence-electron chi connectivity index (χ1n) is 8.90. The number of benzene rings is 2. The molecule has 2 N–H and O–H groups in total. The van der Waals surface area contributed by atoms with Gasteiger partial charge in [-0.2, -0.15) is 8.78 Å². The number of allylic oxidation sites excluding steroid dienone is 2. The molecular weight excluding hydrogens is 371 g/mol. The lowest BCUT2D eigenvalue weighted by Gasteiger charge is -2.38. The second-order valence-corrected chi connectivity index (χ2v) is 7.10. The number of fused-ring (bicyclic) bond motifs is 3. The summed E-state index contributed by atoms with van der Waals surface area (Å²) in [5.41, 5.74) is 2.45. The molecule has 4 rings (SSSR count). The number of anilines is 1. The number of ether oxygens (including phenoxy) is 1. The zero-order chi connectivity index (χ0) is 20.0. The molecule has 0 radical (unpaired) electrons. The predicted molar refractivity (Wildman–Crippen MR) is 97.5 cm³/mol. The summed E-state index contributed by atoms with van der Waals surface area (Å²) in [5.74, 6) is -1.75. The van der Waals surface area contributed by atoms with Crippen LogP contribution in [0.4, 0.5) is 18.9 Å². The highest BCUT2D eigenvalue weighted by Crippen LogP contribution is 2.51. The third-order valence-corrected chi connectivity index (χ3v) is 5.45. The van der Waals surface area contributed by atoms with Crippen LogP contribution in [0.15, 0.2) is 42.5 Å². The molecule has 1 aliphatic heterocycles. The number of aromatic carboxylic acids is 1. The van der Waals surface area contributed by atoms with Gasteiger partial charge in [0.15, 0.2) is 0 Å². The number of aryl methyl sites for hydroxylation is 1. The molecule has 1 heterocycles. The first-order valence-corrected chi connectivity index (χ1v) is 8.90. The second kappa shape index (κ2) is 6.89. The standard InChI is InChI=1S/C21H18F3NO3/c1-10-7-11(20(26)27)8-16(22)18(10)19-14-4-2-3-13(14)15-9-12(28-21(23)24)5-6-17(15)25-19/h2-3,5-9,13-14,19,21,25H,4H2,1H3,(H,26,27)/t13-,14+,19-/m1/s1. The number of alkyl halides is 2. The summed E-state index contributed by atoms with van der Waals surface area (Å²) in [6.07, 6.45) is 4.70. The first kappa shape index (κ1) is 18.4. The molecule has 0 amide bonds. The summed E-state index contributed by atoms with van der Waals surface area (Å²) >= 11 is 0. The van der Waals surface area contributed by atoms with Gasteiger partial charge in [0.1, 0.15) is 11.6 Å². The molecule has 7 heteroatoms. The van der Waals surface area contributed by atoms with E-state index in [-0.39, 0.29) is 29.2 Å². The summed E-state index contributed by atoms with van der Waals surface area (Å²) in [6, 6.07) is 6.84. The van der Waals surface area contributed by atoms with E-state index in [1.54, 1.807) is 19.1 Å². The number of carboxylic acids is 1. The number of hydrogen-bond donors (Lipinski definition) is 2. The number of halogens is 3. The fourth-order valence-electron chi connectivity index (χ4n) is 4.31. The smallest absolute Gasteiger partial charge is 0.387 e. The van der Waals surface area contributed by atoms with Gasteiger partial charge in [-0.3, -0.25) is 0 Å². The van der Waals surface area contributed by atoms with E-state index in [9.17, 15) is 18.0 Å². The van der Waals surface area contributed by atoms with Crippen molar-refractivity contribution < 1.29 is 27.8 Å². The molecule has 2 aromatic carbocycles. The lowest BCUT2D eigenvalue weighted by Crippen LogP contribution is -2.30. The lowest BCUT2D eigenvalue weighted by atomic mass is 9.76. The van der Waals surface area contributed by atoms with Crippen molar-refractivity contribution in [2.75, 3.05) is 5.32 Å². The van der Waals surface area contributed by atoms with Crippen LogP contribution in [0.5, 0.6) is 5.75 Å². The van der Waals surface area contributed by atoms with E-state index >= 15 is 0 Å². The van der Waals surface area contributed by atoms with Gasteiger partial charge >= 0.3 is 12.6 Å². The molecular formula is C21H18F3NO3. The molecule has 4 nitrogen and oxygen atoms in total. The van der Waals surface area contributed by atoms with E-state index in [1.807, 2.05) is 12.2 Å². The molecule has 0 saturated heterocycles. The summed E-state index contributed by atoms with van der Waals surface area (Å²) < 4.78 is 44.5. The minimum atomic E-state index is -2.90. The van der Waals surface area contributed by atoms with Crippen molar-refractivity contribution in [1.29, 1.82) is 0 Å². The Hall–Kier alpha value is -2.96. The van der Waals surface area contributed by atoms with Crippen LogP contribution in [0.25, 0.3) is 0 Å². The molecule has 2 aliphatic rings. The van der Waals surface area contributed by atoms with Crippen LogP contribution in [0.2, 0.25) is 0 Å². The summed E-state index contributed by atoms with van der Waals surface area (Å²) in [7, 11) is 0. The van der Waals surface area contributed by atoms with E-state index in [2.05, 4.69) is 10.1 Å². The van der Waals surface area contributed by atoms with E-state index in [1.165, 1.54) is 12.1 Å². The van der Waals surface area contributed by atoms with Crippen molar-refractivity contribution in [2.24, 2.45) is 5.92 Å². The molecule has 0 bridgehead atoms. The van der Waals surface area contributed by atoms with Crippen molar-refractivity contribution in [1.82, 2.24) is 0 Å². The van der Waals surface area contributed by atoms with Crippen LogP contribution in [0, 0.1) is 18.7 Å². The number of hydrogen-bond acceptors (Lipinski definition) is 3. The molecule has 0 aromatic heterocycles. The van der Waals surface area contributed by atoms with Crippen molar-refractivity contribution >= 4 is 11.7 Å². The number of nitrogens with one attached hydrogen (secondary N) is 1. The Morgan fingerprint density at radius 3 is 2.75 bits per heavy atom. The highest BCUT2D eigenvalue weighted by molar-refractivity contribution is 5.88. The molecule has 0 spiro atoms. The molecule has 0 unspecified atom stereocenters. The normalized spacial score (nSPS) is 22.5. The molecule has 146 valence electrons. The van der Waals surface area contributed by atoms with E-state index in [4.69, 9.17) is 5.11 Å². The van der Waals surface area contributed by atoms with Gasteiger partial charge in [0.2, 0.25) is 0 Å². The van der Waals surface area contributed by atoms with Gasteiger partial charge < -0.3 is 15.2 Å². The zero-order valence-electron chi connectivity index (χ0n) is 15.0. The molecule has 2 aromatic rings. The molecule has 28 heavy (non-hydrogen) atoms. The van der Waals surface area contributed by atoms with E-state index in [0.29, 0.717) is 17.5 Å². The van der Waals surface area contributed by atoms with E-state index < -0.39 is 18.4 Å². The summed E-state index contributed by atoms with van der Waals surface area (Å²) in [6.45, 7) is -1.21. The zero-order valence-corrected chi connectivity index (χ0v) is 15.0. The van der Waals surface area contributed by atoms with Crippen molar-refractivity contribution in [3.8, 4) is 5.75 Å². The van der Waals surface area contributed by atoms with Crippen molar-refractivity contribution in [2.45, 2.75) is 31.9 Å². The van der Waals surface area contributed by atoms with E-state index in [0.717, 1.165) is 17.3 Å². The fraction of sp³-hybridized carbons (Fsp3) is 0.286. The van der Waals surface area contributed by atoms with Crippen LogP contribution < -0.4 is 10.1 Å². The SMILES string of the molecule is Cc1cc(C(=O)O)cc(F)c1[C@@H]1Nc2ccc(OC(F)F)cc2[C@@H]2C=CC[C@@H]21. The number of carboxylic acid groups (broad SMARTS) is 1. The minimum Gasteiger partial charge on any atom is -0.478 e. The van der Waals surface area contributed by atoms with Crippen LogP contribution in [0.1, 0.15) is 45.4 Å². The van der Waals surface area contributed by atoms with Gasteiger partial charge in [-0.05, 0) is 60.7 Å². The second-order valence-electron chi connectivity index (χ2n) is 7.10. The lowest BCUT2D eigenvalue weighted by molar-refractivity contribution is -0.0499. The molecule has 0 fully saturated rings. The maximum atomic E-state index is 14.9. The van der Waals surface area contributed by atoms with Gasteiger partial charge in [0, 0.05) is 17.2 Å². The Morgan fingerprint density at radius 2 is 2.07 bits per heavy atom. The number of carbonyl (C=O) groups is 1. The third-order valence-electron chi connectivity index (χ3n) is 5.45. The van der Waals surface area contributed by atoms with Gasteiger partial charge in [0.05, 0.1) is 11.6 Å². The Bertz CT molecular complexity index is 950. The Balaban J connectivity index is 1.75. The quantitative estimate of drug-likeness (QED) is 0.701. The topological polar surface area (TPSA) is 58.6 Å². The molecule has 3 atom stereocenters. The number of rotatable bonds is 4. The van der Waals surface area contributed by atoms with Crippen molar-refractivity contribution in [3.63, 3.8) is 0 Å². The molecule has 1 aliphatic carbocycles. The van der Waals surface area contributed by atoms with Crippen LogP contribution in [0.3, 0.4) is 0 Å². The highest BCUT2D eigenvalue weighted by atomic mass is 19.3. The van der Waals surface area contributed by atoms with Crippen molar-refractivity contribution in [3.05, 3.63) is 70.6 Å². The highest BCUT2D eigenvalue weighted by Gasteiger charge is 2.40. The first-order chi connectivity index (χ1) is 13.3. The maximum Gasteiger partial charge on any atom is 0.387 e. The molecule has 0 saturated carbocycles. The average Bonchev–Trinajstić information content (AvgIpc) is 3.11. The van der Waals surface area contributed by atoms with Crippen LogP contribution in [-0.2, 0) is 0 Å². The summed E-state index contributed by atoms with van der Waals surface area (Å²) in [5, 5.41) is 12.5. The van der Waals surface area contributed by atoms with Crippen LogP contribution >= 0.6 is 0 Å². The Labute approximate surface area is 159 Å². The average molecular weight is 389 g/mol. The monoisotopic (exact) mass is 389 g/mol. The minimum absolute atomic E-state index is 0.0156. The van der Waals surface area contributed by atoms with Crippen LogP contribution in [-0.4, -0.2) is 17.7 Å². The van der Waals surface area contributed by atoms with Gasteiger partial charge in [-0.1, -0.05) is 12.2 Å². The Kier molecular flexibility index (Phi) is 4.53. The maximum absolute atomic E-state index is 14.9. The summed E-state index contributed by atoms with van der Waals surface area (Å²) in [4.78, 5) is 11.2. The third kappa shape index (κ3) is 3.10.